The number of rotatable bonds is 7. The lowest BCUT2D eigenvalue weighted by atomic mass is 9.78. The Morgan fingerprint density at radius 3 is 2.62 bits per heavy atom. The van der Waals surface area contributed by atoms with Crippen molar-refractivity contribution in [1.82, 2.24) is 15.5 Å². The smallest absolute Gasteiger partial charge is 0.315 e. The summed E-state index contributed by atoms with van der Waals surface area (Å²) in [6.07, 6.45) is 2.62. The van der Waals surface area contributed by atoms with Crippen molar-refractivity contribution in [2.45, 2.75) is 37.5 Å². The Balaban J connectivity index is 1.75. The summed E-state index contributed by atoms with van der Waals surface area (Å²) in [6, 6.07) is 10.8. The van der Waals surface area contributed by atoms with E-state index in [4.69, 9.17) is 0 Å². The number of aromatic nitrogens is 2. The number of carbonyl (C=O) groups excluding carboxylic acids is 1. The number of amides is 1. The maximum atomic E-state index is 12.3. The minimum absolute atomic E-state index is 0.0211. The largest absolute Gasteiger partial charge is 0.481 e. The molecule has 3 N–H and O–H groups in total. The van der Waals surface area contributed by atoms with E-state index in [1.165, 1.54) is 0 Å². The van der Waals surface area contributed by atoms with E-state index < -0.39 is 11.4 Å². The Bertz CT molecular complexity index is 737. The zero-order valence-corrected chi connectivity index (χ0v) is 13.6. The average molecular weight is 327 g/mol. The van der Waals surface area contributed by atoms with Gasteiger partial charge in [-0.25, -0.2) is 0 Å². The van der Waals surface area contributed by atoms with Crippen molar-refractivity contribution in [1.29, 1.82) is 0 Å². The number of hydrogen-bond donors (Lipinski definition) is 3. The van der Waals surface area contributed by atoms with Crippen molar-refractivity contribution < 1.29 is 14.7 Å². The lowest BCUT2D eigenvalue weighted by Gasteiger charge is -2.28. The minimum atomic E-state index is -1.15. The molecule has 0 saturated heterocycles. The minimum Gasteiger partial charge on any atom is -0.481 e. The highest BCUT2D eigenvalue weighted by Gasteiger charge is 2.39. The van der Waals surface area contributed by atoms with E-state index in [-0.39, 0.29) is 12.5 Å². The molecule has 6 heteroatoms. The number of nitrogens with zero attached hydrogens (tertiary/aromatic N) is 1. The Kier molecular flexibility index (Phi) is 4.38. The molecule has 1 amide bonds. The van der Waals surface area contributed by atoms with E-state index in [1.54, 1.807) is 30.3 Å². The molecule has 0 spiro atoms. The van der Waals surface area contributed by atoms with Gasteiger partial charge in [0, 0.05) is 18.2 Å². The molecule has 1 saturated carbocycles. The van der Waals surface area contributed by atoms with Gasteiger partial charge in [-0.3, -0.25) is 14.7 Å². The maximum Gasteiger partial charge on any atom is 0.315 e. The lowest BCUT2D eigenvalue weighted by molar-refractivity contribution is -0.143. The molecule has 24 heavy (non-hydrogen) atoms. The fraction of sp³-hybridized carbons (Fsp3) is 0.389. The zero-order valence-electron chi connectivity index (χ0n) is 13.6. The third kappa shape index (κ3) is 3.04. The van der Waals surface area contributed by atoms with Crippen molar-refractivity contribution in [3.05, 3.63) is 53.3 Å². The fourth-order valence-electron chi connectivity index (χ4n) is 2.92. The number of aliphatic carboxylic acids is 1. The van der Waals surface area contributed by atoms with Crippen LogP contribution in [0.3, 0.4) is 0 Å². The summed E-state index contributed by atoms with van der Waals surface area (Å²) in [6.45, 7) is 1.83. The van der Waals surface area contributed by atoms with Crippen LogP contribution in [0.1, 0.15) is 53.8 Å². The van der Waals surface area contributed by atoms with Crippen molar-refractivity contribution >= 4 is 11.9 Å². The molecule has 1 atom stereocenters. The van der Waals surface area contributed by atoms with Gasteiger partial charge in [-0.2, -0.15) is 5.10 Å². The van der Waals surface area contributed by atoms with Gasteiger partial charge in [0.1, 0.15) is 11.1 Å². The van der Waals surface area contributed by atoms with E-state index in [9.17, 15) is 14.7 Å². The first-order valence-corrected chi connectivity index (χ1v) is 8.19. The number of hydrogen-bond acceptors (Lipinski definition) is 3. The highest BCUT2D eigenvalue weighted by atomic mass is 16.4. The first kappa shape index (κ1) is 16.2. The molecule has 126 valence electrons. The van der Waals surface area contributed by atoms with Gasteiger partial charge in [-0.1, -0.05) is 37.3 Å². The number of aromatic amines is 1. The predicted octanol–water partition coefficient (Wildman–Crippen LogP) is 2.45. The third-order valence-electron chi connectivity index (χ3n) is 4.74. The lowest BCUT2D eigenvalue weighted by Crippen LogP contribution is -2.46. The molecule has 0 bridgehead atoms. The molecule has 1 aromatic carbocycles. The Hall–Kier alpha value is -2.63. The van der Waals surface area contributed by atoms with Crippen LogP contribution in [0.25, 0.3) is 0 Å². The predicted molar refractivity (Wildman–Crippen MR) is 88.9 cm³/mol. The maximum absolute atomic E-state index is 12.3. The topological polar surface area (TPSA) is 95.1 Å². The molecule has 6 nitrogen and oxygen atoms in total. The Labute approximate surface area is 140 Å². The van der Waals surface area contributed by atoms with Crippen LogP contribution < -0.4 is 5.32 Å². The van der Waals surface area contributed by atoms with Gasteiger partial charge in [0.25, 0.3) is 5.91 Å². The van der Waals surface area contributed by atoms with Crippen molar-refractivity contribution in [3.63, 3.8) is 0 Å². The number of carboxylic acid groups (broad SMARTS) is 1. The molecule has 1 unspecified atom stereocenters. The average Bonchev–Trinajstić information content (AvgIpc) is 3.33. The van der Waals surface area contributed by atoms with Crippen molar-refractivity contribution in [2.75, 3.05) is 6.54 Å². The van der Waals surface area contributed by atoms with Crippen molar-refractivity contribution in [2.24, 2.45) is 0 Å². The second kappa shape index (κ2) is 6.47. The molecule has 1 aliphatic carbocycles. The number of nitrogens with one attached hydrogen (secondary N) is 2. The third-order valence-corrected chi connectivity index (χ3v) is 4.74. The summed E-state index contributed by atoms with van der Waals surface area (Å²) in [5.74, 6) is -0.817. The normalized spacial score (nSPS) is 16.4. The zero-order chi connectivity index (χ0) is 17.2. The van der Waals surface area contributed by atoms with Crippen LogP contribution in [0.5, 0.6) is 0 Å². The molecule has 0 aliphatic heterocycles. The number of carboxylic acids is 1. The first-order valence-electron chi connectivity index (χ1n) is 8.19. The van der Waals surface area contributed by atoms with E-state index in [0.717, 1.165) is 18.5 Å². The summed E-state index contributed by atoms with van der Waals surface area (Å²) >= 11 is 0. The van der Waals surface area contributed by atoms with Crippen LogP contribution in [0.15, 0.2) is 36.4 Å². The molecule has 2 aromatic rings. The summed E-state index contributed by atoms with van der Waals surface area (Å²) in [4.78, 5) is 24.3. The standard InChI is InChI=1S/C18H21N3O3/c1-2-18(17(23)24,13-6-4-3-5-7-13)11-19-16(22)15-10-14(20-21-15)12-8-9-12/h3-7,10,12H,2,8-9,11H2,1H3,(H,19,22)(H,20,21)(H,23,24). The summed E-state index contributed by atoms with van der Waals surface area (Å²) in [5.41, 5.74) is 0.816. The van der Waals surface area contributed by atoms with Gasteiger partial charge < -0.3 is 10.4 Å². The molecular formula is C18H21N3O3. The molecule has 1 aliphatic rings. The molecular weight excluding hydrogens is 306 g/mol. The quantitative estimate of drug-likeness (QED) is 0.728. The second-order valence-electron chi connectivity index (χ2n) is 6.27. The Morgan fingerprint density at radius 2 is 2.04 bits per heavy atom. The number of benzene rings is 1. The van der Waals surface area contributed by atoms with Gasteiger partial charge in [0.05, 0.1) is 0 Å². The van der Waals surface area contributed by atoms with E-state index in [1.807, 2.05) is 13.0 Å². The number of carbonyl (C=O) groups is 2. The monoisotopic (exact) mass is 327 g/mol. The van der Waals surface area contributed by atoms with Crippen LogP contribution >= 0.6 is 0 Å². The molecule has 0 radical (unpaired) electrons. The molecule has 1 heterocycles. The van der Waals surface area contributed by atoms with E-state index in [2.05, 4.69) is 15.5 Å². The van der Waals surface area contributed by atoms with Gasteiger partial charge in [-0.05, 0) is 30.9 Å². The van der Waals surface area contributed by atoms with Crippen LogP contribution in [-0.4, -0.2) is 33.7 Å². The van der Waals surface area contributed by atoms with Crippen molar-refractivity contribution in [3.8, 4) is 0 Å². The summed E-state index contributed by atoms with van der Waals surface area (Å²) < 4.78 is 0. The van der Waals surface area contributed by atoms with E-state index >= 15 is 0 Å². The molecule has 1 aromatic heterocycles. The highest BCUT2D eigenvalue weighted by molar-refractivity contribution is 5.93. The molecule has 3 rings (SSSR count). The van der Waals surface area contributed by atoms with Crippen LogP contribution in [0.2, 0.25) is 0 Å². The van der Waals surface area contributed by atoms with Crippen LogP contribution in [-0.2, 0) is 10.2 Å². The fourth-order valence-corrected chi connectivity index (χ4v) is 2.92. The van der Waals surface area contributed by atoms with Crippen LogP contribution in [0.4, 0.5) is 0 Å². The second-order valence-corrected chi connectivity index (χ2v) is 6.27. The SMILES string of the molecule is CCC(CNC(=O)c1cc(C2CC2)[nH]n1)(C(=O)O)c1ccccc1. The van der Waals surface area contributed by atoms with E-state index in [0.29, 0.717) is 23.6 Å². The van der Waals surface area contributed by atoms with Gasteiger partial charge in [-0.15, -0.1) is 0 Å². The van der Waals surface area contributed by atoms with Gasteiger partial charge in [0.2, 0.25) is 0 Å². The molecule has 1 fully saturated rings. The number of H-pyrrole nitrogens is 1. The highest BCUT2D eigenvalue weighted by Crippen LogP contribution is 2.39. The Morgan fingerprint density at radius 1 is 1.33 bits per heavy atom. The van der Waals surface area contributed by atoms with Gasteiger partial charge >= 0.3 is 5.97 Å². The summed E-state index contributed by atoms with van der Waals surface area (Å²) in [5, 5.41) is 19.4. The van der Waals surface area contributed by atoms with Gasteiger partial charge in [0.15, 0.2) is 0 Å². The van der Waals surface area contributed by atoms with Crippen LogP contribution in [0, 0.1) is 0 Å². The summed E-state index contributed by atoms with van der Waals surface area (Å²) in [7, 11) is 0. The first-order chi connectivity index (χ1) is 11.6.